The highest BCUT2D eigenvalue weighted by Crippen LogP contribution is 2.19. The van der Waals surface area contributed by atoms with Crippen LogP contribution in [0.5, 0.6) is 5.75 Å². The first kappa shape index (κ1) is 22.1. The molecule has 156 valence electrons. The predicted molar refractivity (Wildman–Crippen MR) is 109 cm³/mol. The summed E-state index contributed by atoms with van der Waals surface area (Å²) in [6.07, 6.45) is 0.875. The van der Waals surface area contributed by atoms with Crippen molar-refractivity contribution in [2.24, 2.45) is 4.99 Å². The Hall–Kier alpha value is -3.16. The van der Waals surface area contributed by atoms with Crippen LogP contribution in [0.15, 0.2) is 53.5 Å². The Balaban J connectivity index is 1.93. The van der Waals surface area contributed by atoms with Gasteiger partial charge in [-0.05, 0) is 30.2 Å². The summed E-state index contributed by atoms with van der Waals surface area (Å²) in [4.78, 5) is 16.2. The largest absolute Gasteiger partial charge is 0.434 e. The number of nitrogens with zero attached hydrogens (tertiary/aromatic N) is 1. The number of ether oxygens (including phenoxy) is 1. The van der Waals surface area contributed by atoms with Crippen molar-refractivity contribution in [2.45, 2.75) is 33.0 Å². The van der Waals surface area contributed by atoms with E-state index in [0.717, 1.165) is 12.0 Å². The molecule has 3 N–H and O–H groups in total. The minimum absolute atomic E-state index is 0.105. The van der Waals surface area contributed by atoms with Crippen LogP contribution in [-0.2, 0) is 13.1 Å². The maximum absolute atomic E-state index is 12.5. The fraction of sp³-hybridized carbons (Fsp3) is 0.333. The monoisotopic (exact) mass is 404 g/mol. The smallest absolute Gasteiger partial charge is 0.387 e. The van der Waals surface area contributed by atoms with Crippen LogP contribution in [0.3, 0.4) is 0 Å². The maximum Gasteiger partial charge on any atom is 0.387 e. The van der Waals surface area contributed by atoms with Crippen molar-refractivity contribution in [3.05, 3.63) is 65.2 Å². The Morgan fingerprint density at radius 3 is 2.55 bits per heavy atom. The molecule has 2 aromatic rings. The van der Waals surface area contributed by atoms with E-state index in [1.807, 2.05) is 25.1 Å². The number of hydrogen-bond acceptors (Lipinski definition) is 3. The second-order valence-electron chi connectivity index (χ2n) is 6.22. The summed E-state index contributed by atoms with van der Waals surface area (Å²) in [6, 6.07) is 13.9. The van der Waals surface area contributed by atoms with Crippen LogP contribution >= 0.6 is 0 Å². The SMILES string of the molecule is CCCNC(=O)c1cccc(CNC(=NC)NCc2ccccc2OC(F)F)c1. The van der Waals surface area contributed by atoms with Crippen molar-refractivity contribution >= 4 is 11.9 Å². The van der Waals surface area contributed by atoms with Gasteiger partial charge in [0.1, 0.15) is 5.75 Å². The normalized spacial score (nSPS) is 11.3. The summed E-state index contributed by atoms with van der Waals surface area (Å²) in [5, 5.41) is 9.06. The predicted octanol–water partition coefficient (Wildman–Crippen LogP) is 3.29. The van der Waals surface area contributed by atoms with Crippen molar-refractivity contribution in [3.63, 3.8) is 0 Å². The minimum atomic E-state index is -2.88. The van der Waals surface area contributed by atoms with Gasteiger partial charge in [-0.2, -0.15) is 8.78 Å². The Labute approximate surface area is 169 Å². The average Bonchev–Trinajstić information content (AvgIpc) is 2.73. The number of amides is 1. The van der Waals surface area contributed by atoms with Crippen LogP contribution in [0.25, 0.3) is 0 Å². The molecule has 0 aliphatic carbocycles. The zero-order chi connectivity index (χ0) is 21.1. The second kappa shape index (κ2) is 11.6. The van der Waals surface area contributed by atoms with E-state index in [2.05, 4.69) is 25.7 Å². The lowest BCUT2D eigenvalue weighted by Crippen LogP contribution is -2.36. The van der Waals surface area contributed by atoms with Crippen LogP contribution < -0.4 is 20.7 Å². The molecule has 0 atom stereocenters. The number of carbonyl (C=O) groups excluding carboxylic acids is 1. The lowest BCUT2D eigenvalue weighted by molar-refractivity contribution is -0.0504. The zero-order valence-corrected chi connectivity index (χ0v) is 16.5. The summed E-state index contributed by atoms with van der Waals surface area (Å²) in [7, 11) is 1.62. The quantitative estimate of drug-likeness (QED) is 0.443. The fourth-order valence-corrected chi connectivity index (χ4v) is 2.61. The molecule has 0 unspecified atom stereocenters. The number of alkyl halides is 2. The molecule has 0 radical (unpaired) electrons. The fourth-order valence-electron chi connectivity index (χ4n) is 2.61. The van der Waals surface area contributed by atoms with Crippen LogP contribution in [0.1, 0.15) is 34.8 Å². The summed E-state index contributed by atoms with van der Waals surface area (Å²) in [5.41, 5.74) is 2.10. The number of guanidine groups is 1. The molecule has 0 saturated heterocycles. The van der Waals surface area contributed by atoms with E-state index in [-0.39, 0.29) is 18.2 Å². The van der Waals surface area contributed by atoms with E-state index >= 15 is 0 Å². The highest BCUT2D eigenvalue weighted by molar-refractivity contribution is 5.94. The van der Waals surface area contributed by atoms with Gasteiger partial charge in [0.2, 0.25) is 0 Å². The first-order valence-corrected chi connectivity index (χ1v) is 9.37. The van der Waals surface area contributed by atoms with E-state index in [4.69, 9.17) is 0 Å². The molecule has 0 fully saturated rings. The number of nitrogens with one attached hydrogen (secondary N) is 3. The molecule has 8 heteroatoms. The van der Waals surface area contributed by atoms with Gasteiger partial charge in [0.05, 0.1) is 0 Å². The molecule has 0 spiro atoms. The Morgan fingerprint density at radius 2 is 1.83 bits per heavy atom. The number of carbonyl (C=O) groups is 1. The van der Waals surface area contributed by atoms with Crippen molar-refractivity contribution < 1.29 is 18.3 Å². The molecule has 2 aromatic carbocycles. The molecule has 0 saturated carbocycles. The number of para-hydroxylation sites is 1. The van der Waals surface area contributed by atoms with Crippen molar-refractivity contribution in [3.8, 4) is 5.75 Å². The molecule has 0 aliphatic rings. The van der Waals surface area contributed by atoms with Crippen molar-refractivity contribution in [2.75, 3.05) is 13.6 Å². The van der Waals surface area contributed by atoms with Crippen molar-refractivity contribution in [1.82, 2.24) is 16.0 Å². The zero-order valence-electron chi connectivity index (χ0n) is 16.5. The van der Waals surface area contributed by atoms with E-state index in [1.165, 1.54) is 6.07 Å². The van der Waals surface area contributed by atoms with Gasteiger partial charge >= 0.3 is 6.61 Å². The van der Waals surface area contributed by atoms with Gasteiger partial charge in [-0.1, -0.05) is 37.3 Å². The van der Waals surface area contributed by atoms with Crippen LogP contribution in [-0.4, -0.2) is 32.1 Å². The molecular formula is C21H26F2N4O2. The Kier molecular flexibility index (Phi) is 8.88. The lowest BCUT2D eigenvalue weighted by atomic mass is 10.1. The van der Waals surface area contributed by atoms with E-state index in [1.54, 1.807) is 31.3 Å². The summed E-state index contributed by atoms with van der Waals surface area (Å²) in [6.45, 7) is 0.466. The van der Waals surface area contributed by atoms with Gasteiger partial charge in [0.15, 0.2) is 5.96 Å². The Morgan fingerprint density at radius 1 is 1.07 bits per heavy atom. The first-order chi connectivity index (χ1) is 14.0. The van der Waals surface area contributed by atoms with Gasteiger partial charge in [-0.25, -0.2) is 0 Å². The highest BCUT2D eigenvalue weighted by atomic mass is 19.3. The molecule has 2 rings (SSSR count). The number of hydrogen-bond donors (Lipinski definition) is 3. The first-order valence-electron chi connectivity index (χ1n) is 9.37. The van der Waals surface area contributed by atoms with Gasteiger partial charge < -0.3 is 20.7 Å². The van der Waals surface area contributed by atoms with Crippen LogP contribution in [0.2, 0.25) is 0 Å². The summed E-state index contributed by atoms with van der Waals surface area (Å²) >= 11 is 0. The van der Waals surface area contributed by atoms with Crippen LogP contribution in [0.4, 0.5) is 8.78 Å². The van der Waals surface area contributed by atoms with Crippen LogP contribution in [0, 0.1) is 0 Å². The molecule has 6 nitrogen and oxygen atoms in total. The third-order valence-corrected chi connectivity index (χ3v) is 4.04. The lowest BCUT2D eigenvalue weighted by Gasteiger charge is -2.15. The molecule has 29 heavy (non-hydrogen) atoms. The Bertz CT molecular complexity index is 828. The molecule has 1 amide bonds. The number of halogens is 2. The second-order valence-corrected chi connectivity index (χ2v) is 6.22. The van der Waals surface area contributed by atoms with E-state index < -0.39 is 6.61 Å². The average molecular weight is 404 g/mol. The molecule has 0 aromatic heterocycles. The van der Waals surface area contributed by atoms with Gasteiger partial charge in [-0.15, -0.1) is 0 Å². The van der Waals surface area contributed by atoms with Gasteiger partial charge in [-0.3, -0.25) is 9.79 Å². The van der Waals surface area contributed by atoms with Crippen molar-refractivity contribution in [1.29, 1.82) is 0 Å². The number of aliphatic imine (C=N–C) groups is 1. The molecule has 0 heterocycles. The molecule has 0 aliphatic heterocycles. The summed E-state index contributed by atoms with van der Waals surface area (Å²) in [5.74, 6) is 0.515. The van der Waals surface area contributed by atoms with Gasteiger partial charge in [0.25, 0.3) is 5.91 Å². The standard InChI is InChI=1S/C21H26F2N4O2/c1-3-11-25-19(28)16-9-6-7-15(12-16)13-26-21(24-2)27-14-17-8-4-5-10-18(17)29-20(22)23/h4-10,12,20H,3,11,13-14H2,1-2H3,(H,25,28)(H2,24,26,27). The topological polar surface area (TPSA) is 74.8 Å². The highest BCUT2D eigenvalue weighted by Gasteiger charge is 2.10. The number of rotatable bonds is 9. The van der Waals surface area contributed by atoms with E-state index in [9.17, 15) is 13.6 Å². The molecule has 0 bridgehead atoms. The molecular weight excluding hydrogens is 378 g/mol. The van der Waals surface area contributed by atoms with Gasteiger partial charge in [0, 0.05) is 37.8 Å². The van der Waals surface area contributed by atoms with E-state index in [0.29, 0.717) is 30.2 Å². The summed E-state index contributed by atoms with van der Waals surface area (Å²) < 4.78 is 29.6. The third kappa shape index (κ3) is 7.40. The third-order valence-electron chi connectivity index (χ3n) is 4.04. The minimum Gasteiger partial charge on any atom is -0.434 e. The maximum atomic E-state index is 12.5. The number of benzene rings is 2.